The van der Waals surface area contributed by atoms with Gasteiger partial charge in [0.1, 0.15) is 0 Å². The van der Waals surface area contributed by atoms with E-state index in [1.807, 2.05) is 6.08 Å². The zero-order chi connectivity index (χ0) is 11.6. The predicted molar refractivity (Wildman–Crippen MR) is 65.5 cm³/mol. The summed E-state index contributed by atoms with van der Waals surface area (Å²) >= 11 is 0. The van der Waals surface area contributed by atoms with Gasteiger partial charge in [0.05, 0.1) is 0 Å². The lowest BCUT2D eigenvalue weighted by Gasteiger charge is -2.36. The smallest absolute Gasteiger partial charge is 0.0298 e. The normalized spacial score (nSPS) is 17.6. The molecule has 0 saturated heterocycles. The van der Waals surface area contributed by atoms with Crippen LogP contribution in [0.2, 0.25) is 0 Å². The molecule has 1 heteroatoms. The molecule has 0 aliphatic rings. The largest absolute Gasteiger partial charge is 0.307 e. The number of rotatable bonds is 3. The molecule has 0 aromatic heterocycles. The fourth-order valence-electron chi connectivity index (χ4n) is 1.19. The lowest BCUT2D eigenvalue weighted by molar-refractivity contribution is 0.219. The third-order valence-electron chi connectivity index (χ3n) is 2.90. The lowest BCUT2D eigenvalue weighted by Crippen LogP contribution is -2.48. The van der Waals surface area contributed by atoms with Gasteiger partial charge in [0.2, 0.25) is 0 Å². The van der Waals surface area contributed by atoms with Crippen LogP contribution in [0, 0.1) is 10.8 Å². The van der Waals surface area contributed by atoms with Crippen LogP contribution in [0.25, 0.3) is 0 Å². The summed E-state index contributed by atoms with van der Waals surface area (Å²) in [6, 6.07) is 0.862. The van der Waals surface area contributed by atoms with Gasteiger partial charge in [0.25, 0.3) is 0 Å². The van der Waals surface area contributed by atoms with Crippen molar-refractivity contribution in [2.75, 3.05) is 0 Å². The quantitative estimate of drug-likeness (QED) is 0.682. The first kappa shape index (κ1) is 13.7. The molecule has 0 spiro atoms. The van der Waals surface area contributed by atoms with E-state index in [-0.39, 0.29) is 5.41 Å². The molecule has 0 saturated carbocycles. The van der Waals surface area contributed by atoms with Crippen LogP contribution in [-0.2, 0) is 0 Å². The molecule has 1 nitrogen and oxygen atoms in total. The molecule has 2 unspecified atom stereocenters. The van der Waals surface area contributed by atoms with Gasteiger partial charge in [-0.1, -0.05) is 47.6 Å². The van der Waals surface area contributed by atoms with E-state index in [4.69, 9.17) is 0 Å². The van der Waals surface area contributed by atoms with Crippen LogP contribution in [0.1, 0.15) is 48.5 Å². The zero-order valence-corrected chi connectivity index (χ0v) is 10.9. The zero-order valence-electron chi connectivity index (χ0n) is 10.9. The molecular formula is C13H27N. The molecule has 0 radical (unpaired) electrons. The maximum Gasteiger partial charge on any atom is 0.0298 e. The van der Waals surface area contributed by atoms with Gasteiger partial charge in [0.15, 0.2) is 0 Å². The minimum atomic E-state index is 0.237. The molecule has 84 valence electrons. The average molecular weight is 197 g/mol. The Morgan fingerprint density at radius 1 is 1.00 bits per heavy atom. The van der Waals surface area contributed by atoms with Crippen molar-refractivity contribution in [3.8, 4) is 0 Å². The van der Waals surface area contributed by atoms with Crippen LogP contribution in [0.5, 0.6) is 0 Å². The Balaban J connectivity index is 4.42. The summed E-state index contributed by atoms with van der Waals surface area (Å²) in [5.74, 6) is 0. The minimum absolute atomic E-state index is 0.237. The summed E-state index contributed by atoms with van der Waals surface area (Å²) in [4.78, 5) is 0. The topological polar surface area (TPSA) is 12.0 Å². The number of hydrogen-bond acceptors (Lipinski definition) is 1. The average Bonchev–Trinajstić information content (AvgIpc) is 1.95. The third-order valence-corrected chi connectivity index (χ3v) is 2.90. The second-order valence-electron chi connectivity index (χ2n) is 6.33. The fourth-order valence-corrected chi connectivity index (χ4v) is 1.19. The Morgan fingerprint density at radius 2 is 1.43 bits per heavy atom. The predicted octanol–water partition coefficient (Wildman–Crippen LogP) is 3.61. The molecule has 0 aromatic rings. The van der Waals surface area contributed by atoms with Gasteiger partial charge in [-0.25, -0.2) is 0 Å². The van der Waals surface area contributed by atoms with E-state index in [1.165, 1.54) is 0 Å². The van der Waals surface area contributed by atoms with E-state index in [2.05, 4.69) is 60.4 Å². The van der Waals surface area contributed by atoms with E-state index >= 15 is 0 Å². The van der Waals surface area contributed by atoms with Crippen LogP contribution >= 0.6 is 0 Å². The van der Waals surface area contributed by atoms with Crippen LogP contribution in [0.15, 0.2) is 12.7 Å². The molecule has 0 bridgehead atoms. The Labute approximate surface area is 90.0 Å². The van der Waals surface area contributed by atoms with Gasteiger partial charge in [-0.15, -0.1) is 6.58 Å². The maximum atomic E-state index is 3.90. The number of nitrogens with one attached hydrogen (secondary N) is 1. The van der Waals surface area contributed by atoms with Gasteiger partial charge in [0, 0.05) is 12.1 Å². The van der Waals surface area contributed by atoms with Crippen molar-refractivity contribution in [3.63, 3.8) is 0 Å². The molecule has 0 heterocycles. The van der Waals surface area contributed by atoms with Crippen molar-refractivity contribution in [1.29, 1.82) is 0 Å². The first-order chi connectivity index (χ1) is 6.09. The van der Waals surface area contributed by atoms with Crippen LogP contribution in [0.3, 0.4) is 0 Å². The van der Waals surface area contributed by atoms with Crippen molar-refractivity contribution in [2.24, 2.45) is 10.8 Å². The molecule has 0 rings (SSSR count). The molecule has 0 aromatic carbocycles. The van der Waals surface area contributed by atoms with Crippen molar-refractivity contribution < 1.29 is 0 Å². The second-order valence-corrected chi connectivity index (χ2v) is 6.33. The Kier molecular flexibility index (Phi) is 4.38. The Bertz CT molecular complexity index is 180. The molecule has 14 heavy (non-hydrogen) atoms. The standard InChI is InChI=1S/C13H27N/c1-9-11(13(6,7)8)14-10(2)12(3,4)5/h9-11,14H,1H2,2-8H3. The highest BCUT2D eigenvalue weighted by Gasteiger charge is 2.27. The van der Waals surface area contributed by atoms with Gasteiger partial charge in [-0.05, 0) is 17.8 Å². The lowest BCUT2D eigenvalue weighted by atomic mass is 9.82. The van der Waals surface area contributed by atoms with Crippen molar-refractivity contribution in [3.05, 3.63) is 12.7 Å². The highest BCUT2D eigenvalue weighted by Crippen LogP contribution is 2.24. The maximum absolute atomic E-state index is 3.90. The van der Waals surface area contributed by atoms with Gasteiger partial charge in [-0.2, -0.15) is 0 Å². The van der Waals surface area contributed by atoms with Crippen molar-refractivity contribution >= 4 is 0 Å². The van der Waals surface area contributed by atoms with Crippen LogP contribution < -0.4 is 5.32 Å². The van der Waals surface area contributed by atoms with Crippen LogP contribution in [-0.4, -0.2) is 12.1 Å². The molecule has 0 fully saturated rings. The van der Waals surface area contributed by atoms with E-state index in [1.54, 1.807) is 0 Å². The summed E-state index contributed by atoms with van der Waals surface area (Å²) < 4.78 is 0. The third kappa shape index (κ3) is 4.28. The van der Waals surface area contributed by atoms with Crippen molar-refractivity contribution in [2.45, 2.75) is 60.5 Å². The molecular weight excluding hydrogens is 170 g/mol. The van der Waals surface area contributed by atoms with E-state index in [0.717, 1.165) is 0 Å². The van der Waals surface area contributed by atoms with Gasteiger partial charge >= 0.3 is 0 Å². The SMILES string of the molecule is C=CC(NC(C)C(C)(C)C)C(C)(C)C. The monoisotopic (exact) mass is 197 g/mol. The van der Waals surface area contributed by atoms with E-state index < -0.39 is 0 Å². The molecule has 0 aliphatic carbocycles. The van der Waals surface area contributed by atoms with Crippen LogP contribution in [0.4, 0.5) is 0 Å². The highest BCUT2D eigenvalue weighted by atomic mass is 15.0. The minimum Gasteiger partial charge on any atom is -0.307 e. The molecule has 0 amide bonds. The van der Waals surface area contributed by atoms with E-state index in [0.29, 0.717) is 17.5 Å². The molecule has 1 N–H and O–H groups in total. The first-order valence-electron chi connectivity index (χ1n) is 5.47. The van der Waals surface area contributed by atoms with E-state index in [9.17, 15) is 0 Å². The fraction of sp³-hybridized carbons (Fsp3) is 0.846. The highest BCUT2D eigenvalue weighted by molar-refractivity contribution is 4.96. The summed E-state index contributed by atoms with van der Waals surface area (Å²) in [7, 11) is 0. The Hall–Kier alpha value is -0.300. The number of hydrogen-bond donors (Lipinski definition) is 1. The van der Waals surface area contributed by atoms with Gasteiger partial charge < -0.3 is 5.32 Å². The summed E-state index contributed by atoms with van der Waals surface area (Å²) in [5, 5.41) is 3.63. The van der Waals surface area contributed by atoms with Crippen molar-refractivity contribution in [1.82, 2.24) is 5.32 Å². The molecule has 0 aliphatic heterocycles. The Morgan fingerprint density at radius 3 is 1.64 bits per heavy atom. The summed E-state index contributed by atoms with van der Waals surface area (Å²) in [6.07, 6.45) is 2.02. The van der Waals surface area contributed by atoms with Gasteiger partial charge in [-0.3, -0.25) is 0 Å². The molecule has 2 atom stereocenters. The summed E-state index contributed by atoms with van der Waals surface area (Å²) in [6.45, 7) is 19.6. The second kappa shape index (κ2) is 4.48. The first-order valence-corrected chi connectivity index (χ1v) is 5.47. The summed E-state index contributed by atoms with van der Waals surface area (Å²) in [5.41, 5.74) is 0.535.